The van der Waals surface area contributed by atoms with Gasteiger partial charge in [-0.25, -0.2) is 8.42 Å². The van der Waals surface area contributed by atoms with Gasteiger partial charge in [-0.15, -0.1) is 0 Å². The normalized spacial score (nSPS) is 12.0. The Morgan fingerprint density at radius 3 is 1.98 bits per heavy atom. The van der Waals surface area contributed by atoms with Gasteiger partial charge in [-0.3, -0.25) is 13.9 Å². The van der Waals surface area contributed by atoms with Gasteiger partial charge in [0.2, 0.25) is 11.8 Å². The Kier molecular flexibility index (Phi) is 11.2. The first-order valence-electron chi connectivity index (χ1n) is 14.6. The number of anilines is 1. The number of carbonyl (C=O) groups excluding carboxylic acids is 2. The van der Waals surface area contributed by atoms with E-state index in [0.29, 0.717) is 22.7 Å². The summed E-state index contributed by atoms with van der Waals surface area (Å²) >= 11 is 6.55. The van der Waals surface area contributed by atoms with Crippen molar-refractivity contribution in [2.24, 2.45) is 0 Å². The van der Waals surface area contributed by atoms with Crippen molar-refractivity contribution in [3.63, 3.8) is 0 Å². The van der Waals surface area contributed by atoms with E-state index in [4.69, 9.17) is 11.6 Å². The summed E-state index contributed by atoms with van der Waals surface area (Å²) < 4.78 is 29.5. The van der Waals surface area contributed by atoms with Crippen LogP contribution in [0.25, 0.3) is 0 Å². The average molecular weight is 632 g/mol. The van der Waals surface area contributed by atoms with Crippen LogP contribution in [0.1, 0.15) is 37.5 Å². The van der Waals surface area contributed by atoms with E-state index in [9.17, 15) is 18.0 Å². The highest BCUT2D eigenvalue weighted by molar-refractivity contribution is 7.92. The summed E-state index contributed by atoms with van der Waals surface area (Å²) in [4.78, 5) is 29.8. The highest BCUT2D eigenvalue weighted by Crippen LogP contribution is 2.29. The molecule has 0 aliphatic heterocycles. The minimum Gasteiger partial charge on any atom is -0.352 e. The van der Waals surface area contributed by atoms with Gasteiger partial charge in [0.15, 0.2) is 0 Å². The van der Waals surface area contributed by atoms with Crippen molar-refractivity contribution in [3.8, 4) is 0 Å². The zero-order valence-electron chi connectivity index (χ0n) is 25.2. The Labute approximate surface area is 265 Å². The second-order valence-corrected chi connectivity index (χ2v) is 13.1. The molecule has 4 aromatic carbocycles. The van der Waals surface area contributed by atoms with Crippen LogP contribution in [0, 0.1) is 0 Å². The van der Waals surface area contributed by atoms with Crippen LogP contribution in [0.5, 0.6) is 0 Å². The standard InChI is InChI=1S/C35H38ClN3O4S/c1-4-28-17-12-14-22-32(28)39(44(42,43)30-19-9-6-10-20-30)25-34(40)38(24-29-18-11-13-21-31(29)36)33(35(41)37-26(2)3)23-27-15-7-5-8-16-27/h5-22,26,33H,4,23-25H2,1-3H3,(H,37,41)/t33-/m1/s1. The van der Waals surface area contributed by atoms with E-state index in [1.165, 1.54) is 17.0 Å². The number of nitrogens with one attached hydrogen (secondary N) is 1. The van der Waals surface area contributed by atoms with Crippen molar-refractivity contribution in [1.82, 2.24) is 10.2 Å². The first-order chi connectivity index (χ1) is 21.1. The molecular formula is C35H38ClN3O4S. The number of para-hydroxylation sites is 1. The predicted molar refractivity (Wildman–Crippen MR) is 176 cm³/mol. The second kappa shape index (κ2) is 15.0. The highest BCUT2D eigenvalue weighted by atomic mass is 35.5. The van der Waals surface area contributed by atoms with Crippen LogP contribution in [-0.4, -0.2) is 43.8 Å². The van der Waals surface area contributed by atoms with Crippen molar-refractivity contribution in [1.29, 1.82) is 0 Å². The summed E-state index contributed by atoms with van der Waals surface area (Å²) in [5, 5.41) is 3.40. The molecule has 0 spiro atoms. The molecule has 0 heterocycles. The maximum atomic E-state index is 14.5. The van der Waals surface area contributed by atoms with Crippen LogP contribution in [0.2, 0.25) is 5.02 Å². The molecule has 1 N–H and O–H groups in total. The van der Waals surface area contributed by atoms with Gasteiger partial charge in [-0.05, 0) is 61.2 Å². The van der Waals surface area contributed by atoms with Crippen LogP contribution in [0.4, 0.5) is 5.69 Å². The van der Waals surface area contributed by atoms with Crippen molar-refractivity contribution < 1.29 is 18.0 Å². The number of aryl methyl sites for hydroxylation is 1. The summed E-state index contributed by atoms with van der Waals surface area (Å²) in [5.74, 6) is -0.870. The SMILES string of the molecule is CCc1ccccc1N(CC(=O)N(Cc1ccccc1Cl)[C@H](Cc1ccccc1)C(=O)NC(C)C)S(=O)(=O)c1ccccc1. The molecule has 0 aromatic heterocycles. The topological polar surface area (TPSA) is 86.8 Å². The van der Waals surface area contributed by atoms with Gasteiger partial charge >= 0.3 is 0 Å². The summed E-state index contributed by atoms with van der Waals surface area (Å²) in [7, 11) is -4.16. The molecule has 0 radical (unpaired) electrons. The largest absolute Gasteiger partial charge is 0.352 e. The molecule has 0 aliphatic carbocycles. The third-order valence-electron chi connectivity index (χ3n) is 7.25. The molecule has 0 saturated carbocycles. The number of rotatable bonds is 13. The Hall–Kier alpha value is -4.14. The van der Waals surface area contributed by atoms with Gasteiger partial charge in [0.05, 0.1) is 10.6 Å². The van der Waals surface area contributed by atoms with Crippen molar-refractivity contribution in [2.75, 3.05) is 10.8 Å². The lowest BCUT2D eigenvalue weighted by Crippen LogP contribution is -2.54. The number of halogens is 1. The van der Waals surface area contributed by atoms with Gasteiger partial charge in [0, 0.05) is 24.0 Å². The van der Waals surface area contributed by atoms with Gasteiger partial charge in [0.25, 0.3) is 10.0 Å². The fourth-order valence-corrected chi connectivity index (χ4v) is 6.70. The minimum absolute atomic E-state index is 0.0101. The second-order valence-electron chi connectivity index (χ2n) is 10.8. The number of nitrogens with zero attached hydrogens (tertiary/aromatic N) is 2. The number of carbonyl (C=O) groups is 2. The van der Waals surface area contributed by atoms with Gasteiger partial charge in [-0.2, -0.15) is 0 Å². The molecule has 0 bridgehead atoms. The molecule has 4 rings (SSSR count). The molecule has 0 saturated heterocycles. The maximum absolute atomic E-state index is 14.5. The molecule has 9 heteroatoms. The molecular weight excluding hydrogens is 594 g/mol. The number of sulfonamides is 1. The quantitative estimate of drug-likeness (QED) is 0.189. The van der Waals surface area contributed by atoms with Crippen molar-refractivity contribution in [3.05, 3.63) is 131 Å². The number of amides is 2. The van der Waals surface area contributed by atoms with E-state index in [-0.39, 0.29) is 29.8 Å². The Morgan fingerprint density at radius 1 is 0.795 bits per heavy atom. The highest BCUT2D eigenvalue weighted by Gasteiger charge is 2.35. The van der Waals surface area contributed by atoms with Gasteiger partial charge < -0.3 is 10.2 Å². The summed E-state index contributed by atoms with van der Waals surface area (Å²) in [6.45, 7) is 5.14. The average Bonchev–Trinajstić information content (AvgIpc) is 3.02. The third-order valence-corrected chi connectivity index (χ3v) is 9.39. The van der Waals surface area contributed by atoms with E-state index < -0.39 is 28.5 Å². The molecule has 230 valence electrons. The number of hydrogen-bond acceptors (Lipinski definition) is 4. The molecule has 2 amide bonds. The monoisotopic (exact) mass is 631 g/mol. The zero-order chi connectivity index (χ0) is 31.7. The third kappa shape index (κ3) is 8.07. The van der Waals surface area contributed by atoms with Crippen LogP contribution < -0.4 is 9.62 Å². The molecule has 0 fully saturated rings. The van der Waals surface area contributed by atoms with Crippen molar-refractivity contribution in [2.45, 2.75) is 57.1 Å². The molecule has 4 aromatic rings. The number of hydrogen-bond donors (Lipinski definition) is 1. The Balaban J connectivity index is 1.83. The fourth-order valence-electron chi connectivity index (χ4n) is 5.03. The van der Waals surface area contributed by atoms with Crippen LogP contribution in [0.3, 0.4) is 0 Å². The molecule has 0 unspecified atom stereocenters. The van der Waals surface area contributed by atoms with E-state index >= 15 is 0 Å². The molecule has 44 heavy (non-hydrogen) atoms. The first-order valence-corrected chi connectivity index (χ1v) is 16.5. The minimum atomic E-state index is -4.16. The molecule has 7 nitrogen and oxygen atoms in total. The fraction of sp³-hybridized carbons (Fsp3) is 0.257. The van der Waals surface area contributed by atoms with Crippen LogP contribution in [-0.2, 0) is 39.0 Å². The zero-order valence-corrected chi connectivity index (χ0v) is 26.8. The van der Waals surface area contributed by atoms with E-state index in [0.717, 1.165) is 15.4 Å². The lowest BCUT2D eigenvalue weighted by atomic mass is 10.0. The van der Waals surface area contributed by atoms with E-state index in [1.54, 1.807) is 48.5 Å². The maximum Gasteiger partial charge on any atom is 0.264 e. The lowest BCUT2D eigenvalue weighted by Gasteiger charge is -2.34. The van der Waals surface area contributed by atoms with Gasteiger partial charge in [0.1, 0.15) is 12.6 Å². The number of benzene rings is 4. The van der Waals surface area contributed by atoms with Crippen LogP contribution in [0.15, 0.2) is 114 Å². The first kappa shape index (κ1) is 32.8. The molecule has 1 atom stereocenters. The van der Waals surface area contributed by atoms with Crippen molar-refractivity contribution >= 4 is 39.1 Å². The lowest BCUT2D eigenvalue weighted by molar-refractivity contribution is -0.140. The molecule has 0 aliphatic rings. The summed E-state index contributed by atoms with van der Waals surface area (Å²) in [5.41, 5.74) is 2.69. The Bertz CT molecular complexity index is 1660. The van der Waals surface area contributed by atoms with E-state index in [1.807, 2.05) is 69.3 Å². The predicted octanol–water partition coefficient (Wildman–Crippen LogP) is 6.26. The summed E-state index contributed by atoms with van der Waals surface area (Å²) in [6.07, 6.45) is 0.786. The van der Waals surface area contributed by atoms with E-state index in [2.05, 4.69) is 5.32 Å². The Morgan fingerprint density at radius 2 is 1.36 bits per heavy atom. The summed E-state index contributed by atoms with van der Waals surface area (Å²) in [6, 6.07) is 30.7. The smallest absolute Gasteiger partial charge is 0.264 e. The van der Waals surface area contributed by atoms with Crippen LogP contribution >= 0.6 is 11.6 Å². The van der Waals surface area contributed by atoms with Gasteiger partial charge in [-0.1, -0.05) is 103 Å².